The minimum atomic E-state index is -0.235. The largest absolute Gasteiger partial charge is 0.350 e. The first-order valence-corrected chi connectivity index (χ1v) is 18.5. The molecule has 0 saturated carbocycles. The van der Waals surface area contributed by atoms with E-state index in [-0.39, 0.29) is 12.3 Å². The van der Waals surface area contributed by atoms with Crippen molar-refractivity contribution in [2.24, 2.45) is 4.99 Å². The molecule has 0 radical (unpaired) electrons. The number of fused-ring (bicyclic) bond motifs is 7. The van der Waals surface area contributed by atoms with Gasteiger partial charge in [0.15, 0.2) is 0 Å². The van der Waals surface area contributed by atoms with Gasteiger partial charge in [-0.05, 0) is 76.5 Å². The Morgan fingerprint density at radius 2 is 1.02 bits per heavy atom. The topological polar surface area (TPSA) is 46.3 Å². The van der Waals surface area contributed by atoms with Gasteiger partial charge in [0.1, 0.15) is 18.2 Å². The first kappa shape index (κ1) is 30.7. The molecule has 0 aliphatic carbocycles. The van der Waals surface area contributed by atoms with Gasteiger partial charge in [-0.3, -0.25) is 5.32 Å². The number of aliphatic imine (C=N–C) groups is 1. The number of aromatic nitrogens is 2. The van der Waals surface area contributed by atoms with E-state index >= 15 is 0 Å². The molecule has 1 aliphatic heterocycles. The first-order valence-electron chi connectivity index (χ1n) is 18.5. The molecule has 2 atom stereocenters. The summed E-state index contributed by atoms with van der Waals surface area (Å²) in [5.74, 6) is 0.856. The molecule has 0 fully saturated rings. The number of nitrogens with one attached hydrogen (secondary N) is 2. The van der Waals surface area contributed by atoms with Crippen LogP contribution in [-0.2, 0) is 0 Å². The van der Waals surface area contributed by atoms with E-state index in [9.17, 15) is 0 Å². The van der Waals surface area contributed by atoms with Crippen LogP contribution in [0.15, 0.2) is 193 Å². The van der Waals surface area contributed by atoms with E-state index in [4.69, 9.17) is 4.99 Å². The van der Waals surface area contributed by atoms with Crippen LogP contribution in [0.5, 0.6) is 0 Å². The Morgan fingerprint density at radius 3 is 1.76 bits per heavy atom. The van der Waals surface area contributed by atoms with Gasteiger partial charge in [0.25, 0.3) is 0 Å². The van der Waals surface area contributed by atoms with Gasteiger partial charge in [-0.2, -0.15) is 0 Å². The van der Waals surface area contributed by atoms with Gasteiger partial charge in [-0.1, -0.05) is 133 Å². The van der Waals surface area contributed by atoms with Crippen LogP contribution in [0, 0.1) is 0 Å². The maximum Gasteiger partial charge on any atom is 0.131 e. The molecule has 5 heteroatoms. The average molecular weight is 694 g/mol. The molecule has 1 aliphatic rings. The van der Waals surface area contributed by atoms with E-state index in [1.807, 2.05) is 0 Å². The van der Waals surface area contributed by atoms with Gasteiger partial charge in [0.05, 0.1) is 22.1 Å². The zero-order valence-corrected chi connectivity index (χ0v) is 29.4. The maximum absolute atomic E-state index is 5.34. The first-order chi connectivity index (χ1) is 26.8. The number of nitrogens with zero attached hydrogens (tertiary/aromatic N) is 3. The minimum Gasteiger partial charge on any atom is -0.350 e. The zero-order chi connectivity index (χ0) is 35.6. The van der Waals surface area contributed by atoms with Crippen molar-refractivity contribution in [3.05, 3.63) is 205 Å². The highest BCUT2D eigenvalue weighted by molar-refractivity contribution is 6.19. The van der Waals surface area contributed by atoms with Gasteiger partial charge in [0, 0.05) is 38.5 Å². The second kappa shape index (κ2) is 12.3. The highest BCUT2D eigenvalue weighted by atomic mass is 15.3. The van der Waals surface area contributed by atoms with Crippen LogP contribution < -0.4 is 10.6 Å². The molecule has 0 bridgehead atoms. The van der Waals surface area contributed by atoms with Gasteiger partial charge in [-0.15, -0.1) is 0 Å². The van der Waals surface area contributed by atoms with E-state index in [1.54, 1.807) is 0 Å². The number of amidine groups is 1. The minimum absolute atomic E-state index is 0.125. The monoisotopic (exact) mass is 693 g/mol. The van der Waals surface area contributed by atoms with Crippen molar-refractivity contribution in [1.29, 1.82) is 0 Å². The second-order valence-electron chi connectivity index (χ2n) is 14.1. The lowest BCUT2D eigenvalue weighted by atomic mass is 10.0. The quantitative estimate of drug-likeness (QED) is 0.188. The van der Waals surface area contributed by atoms with Gasteiger partial charge < -0.3 is 14.5 Å². The fraction of sp³-hybridized carbons (Fsp3) is 0.0408. The molecule has 11 rings (SSSR count). The Labute approximate surface area is 312 Å². The molecule has 5 nitrogen and oxygen atoms in total. The van der Waals surface area contributed by atoms with E-state index in [2.05, 4.69) is 208 Å². The van der Waals surface area contributed by atoms with Crippen molar-refractivity contribution in [2.45, 2.75) is 12.3 Å². The molecule has 3 heterocycles. The summed E-state index contributed by atoms with van der Waals surface area (Å²) in [4.78, 5) is 5.34. The fourth-order valence-corrected chi connectivity index (χ4v) is 8.43. The Morgan fingerprint density at radius 1 is 0.407 bits per heavy atom. The summed E-state index contributed by atoms with van der Waals surface area (Å²) in [7, 11) is 0. The fourth-order valence-electron chi connectivity index (χ4n) is 8.43. The summed E-state index contributed by atoms with van der Waals surface area (Å²) in [5, 5.41) is 14.9. The molecular formula is C49H35N5. The average Bonchev–Trinajstić information content (AvgIpc) is 3.75. The third-order valence-corrected chi connectivity index (χ3v) is 10.9. The Kier molecular flexibility index (Phi) is 7.00. The standard InChI is InChI=1S/C49H35N5/c1-3-15-33(16-4-1)47-50-48(52-49(51-47)36-27-26-32-14-7-8-17-34(32)28-36)35-18-13-21-38(29-35)54-44-25-12-10-23-40(44)42-30-41-39-22-9-11-24-43(39)53(45(41)31-46(42)54)37-19-5-2-6-20-37/h1-31,47,49,51H,(H,50,52). The second-order valence-corrected chi connectivity index (χ2v) is 14.1. The lowest BCUT2D eigenvalue weighted by Gasteiger charge is -2.32. The van der Waals surface area contributed by atoms with E-state index < -0.39 is 0 Å². The van der Waals surface area contributed by atoms with Crippen LogP contribution in [0.4, 0.5) is 0 Å². The number of benzene rings is 8. The highest BCUT2D eigenvalue weighted by Gasteiger charge is 2.26. The van der Waals surface area contributed by atoms with Gasteiger partial charge in [0.2, 0.25) is 0 Å². The van der Waals surface area contributed by atoms with Crippen LogP contribution >= 0.6 is 0 Å². The van der Waals surface area contributed by atoms with E-state index in [0.717, 1.165) is 39.4 Å². The lowest BCUT2D eigenvalue weighted by Crippen LogP contribution is -2.44. The number of hydrogen-bond donors (Lipinski definition) is 2. The molecule has 8 aromatic carbocycles. The lowest BCUT2D eigenvalue weighted by molar-refractivity contribution is 0.409. The van der Waals surface area contributed by atoms with Crippen molar-refractivity contribution < 1.29 is 0 Å². The number of hydrogen-bond acceptors (Lipinski definition) is 3. The third-order valence-electron chi connectivity index (χ3n) is 10.9. The predicted molar refractivity (Wildman–Crippen MR) is 224 cm³/mol. The zero-order valence-electron chi connectivity index (χ0n) is 29.4. The summed E-state index contributed by atoms with van der Waals surface area (Å²) < 4.78 is 4.81. The molecule has 0 saturated heterocycles. The Balaban J connectivity index is 1.10. The predicted octanol–water partition coefficient (Wildman–Crippen LogP) is 11.4. The molecule has 0 amide bonds. The van der Waals surface area contributed by atoms with Crippen molar-refractivity contribution in [2.75, 3.05) is 0 Å². The van der Waals surface area contributed by atoms with Crippen molar-refractivity contribution in [1.82, 2.24) is 19.8 Å². The molecule has 2 N–H and O–H groups in total. The van der Waals surface area contributed by atoms with Gasteiger partial charge in [-0.25, -0.2) is 4.99 Å². The summed E-state index contributed by atoms with van der Waals surface area (Å²) >= 11 is 0. The van der Waals surface area contributed by atoms with E-state index in [1.165, 1.54) is 48.9 Å². The molecular weight excluding hydrogens is 659 g/mol. The summed E-state index contributed by atoms with van der Waals surface area (Å²) in [5.41, 5.74) is 10.3. The van der Waals surface area contributed by atoms with Crippen molar-refractivity contribution >= 4 is 60.2 Å². The SMILES string of the molecule is c1ccc(C2NC(c3cccc(-n4c5ccccc5c5cc6c7ccccc7n(-c7ccccc7)c6cc54)c3)=NC(c3ccc4ccccc4c3)N2)cc1. The molecule has 2 aromatic heterocycles. The summed E-state index contributed by atoms with van der Waals surface area (Å²) in [6.07, 6.45) is -0.360. The van der Waals surface area contributed by atoms with Crippen molar-refractivity contribution in [3.8, 4) is 11.4 Å². The van der Waals surface area contributed by atoms with Crippen LogP contribution in [0.3, 0.4) is 0 Å². The number of rotatable bonds is 5. The number of para-hydroxylation sites is 3. The van der Waals surface area contributed by atoms with Crippen LogP contribution in [-0.4, -0.2) is 15.0 Å². The highest BCUT2D eigenvalue weighted by Crippen LogP contribution is 2.40. The Bertz CT molecular complexity index is 3060. The normalized spacial score (nSPS) is 16.0. The van der Waals surface area contributed by atoms with Crippen LogP contribution in [0.25, 0.3) is 65.8 Å². The van der Waals surface area contributed by atoms with E-state index in [0.29, 0.717) is 0 Å². The smallest absolute Gasteiger partial charge is 0.131 e. The van der Waals surface area contributed by atoms with Crippen LogP contribution in [0.2, 0.25) is 0 Å². The van der Waals surface area contributed by atoms with Crippen LogP contribution in [0.1, 0.15) is 29.0 Å². The molecule has 256 valence electrons. The summed E-state index contributed by atoms with van der Waals surface area (Å²) in [6.45, 7) is 0. The third kappa shape index (κ3) is 4.94. The molecule has 2 unspecified atom stereocenters. The van der Waals surface area contributed by atoms with Crippen molar-refractivity contribution in [3.63, 3.8) is 0 Å². The molecule has 0 spiro atoms. The molecule has 10 aromatic rings. The summed E-state index contributed by atoms with van der Waals surface area (Å²) in [6, 6.07) is 67.5. The molecule has 54 heavy (non-hydrogen) atoms. The van der Waals surface area contributed by atoms with Gasteiger partial charge >= 0.3 is 0 Å². The Hall–Kier alpha value is -6.95. The maximum atomic E-state index is 5.34.